The van der Waals surface area contributed by atoms with Gasteiger partial charge in [-0.25, -0.2) is 4.39 Å². The molecule has 0 bridgehead atoms. The van der Waals surface area contributed by atoms with Crippen molar-refractivity contribution in [3.05, 3.63) is 23.8 Å². The summed E-state index contributed by atoms with van der Waals surface area (Å²) in [7, 11) is 0. The van der Waals surface area contributed by atoms with E-state index >= 15 is 0 Å². The van der Waals surface area contributed by atoms with Crippen LogP contribution in [0.1, 0.15) is 5.56 Å². The SMILES string of the molecule is Cc1cc(OCCF)ccc1N1CCNCC1. The molecule has 2 rings (SSSR count). The monoisotopic (exact) mass is 238 g/mol. The highest BCUT2D eigenvalue weighted by Crippen LogP contribution is 2.25. The lowest BCUT2D eigenvalue weighted by molar-refractivity contribution is 0.273. The third-order valence-corrected chi connectivity index (χ3v) is 2.97. The Bertz CT molecular complexity index is 364. The number of ether oxygens (including phenoxy) is 1. The zero-order valence-electron chi connectivity index (χ0n) is 10.2. The summed E-state index contributed by atoms with van der Waals surface area (Å²) in [6.07, 6.45) is 0. The molecule has 1 fully saturated rings. The molecule has 1 N–H and O–H groups in total. The van der Waals surface area contributed by atoms with Crippen LogP contribution in [-0.2, 0) is 0 Å². The molecule has 0 aromatic heterocycles. The lowest BCUT2D eigenvalue weighted by atomic mass is 10.1. The van der Waals surface area contributed by atoms with Gasteiger partial charge in [-0.3, -0.25) is 0 Å². The average molecular weight is 238 g/mol. The molecule has 0 unspecified atom stereocenters. The van der Waals surface area contributed by atoms with Crippen LogP contribution in [0.25, 0.3) is 0 Å². The number of nitrogens with zero attached hydrogens (tertiary/aromatic N) is 1. The first-order valence-electron chi connectivity index (χ1n) is 6.06. The minimum absolute atomic E-state index is 0.131. The smallest absolute Gasteiger partial charge is 0.123 e. The van der Waals surface area contributed by atoms with Gasteiger partial charge in [-0.1, -0.05) is 0 Å². The number of nitrogens with one attached hydrogen (secondary N) is 1. The standard InChI is InChI=1S/C13H19FN2O/c1-11-10-12(17-9-4-14)2-3-13(11)16-7-5-15-6-8-16/h2-3,10,15H,4-9H2,1H3. The molecule has 0 spiro atoms. The fourth-order valence-corrected chi connectivity index (χ4v) is 2.13. The first-order valence-corrected chi connectivity index (χ1v) is 6.06. The van der Waals surface area contributed by atoms with E-state index in [0.717, 1.165) is 31.9 Å². The predicted octanol–water partition coefficient (Wildman–Crippen LogP) is 1.75. The highest BCUT2D eigenvalue weighted by Gasteiger charge is 2.12. The number of piperazine rings is 1. The second kappa shape index (κ2) is 5.87. The first-order chi connectivity index (χ1) is 8.31. The van der Waals surface area contributed by atoms with Crippen LogP contribution >= 0.6 is 0 Å². The van der Waals surface area contributed by atoms with Gasteiger partial charge in [-0.15, -0.1) is 0 Å². The van der Waals surface area contributed by atoms with E-state index in [4.69, 9.17) is 4.74 Å². The minimum atomic E-state index is -0.446. The quantitative estimate of drug-likeness (QED) is 0.865. The number of hydrogen-bond donors (Lipinski definition) is 1. The number of alkyl halides is 1. The first kappa shape index (κ1) is 12.2. The van der Waals surface area contributed by atoms with Gasteiger partial charge in [0.25, 0.3) is 0 Å². The Labute approximate surface area is 102 Å². The fraction of sp³-hybridized carbons (Fsp3) is 0.538. The molecule has 0 radical (unpaired) electrons. The fourth-order valence-electron chi connectivity index (χ4n) is 2.13. The normalized spacial score (nSPS) is 16.0. The zero-order valence-corrected chi connectivity index (χ0v) is 10.2. The molecular formula is C13H19FN2O. The van der Waals surface area contributed by atoms with E-state index in [9.17, 15) is 4.39 Å². The van der Waals surface area contributed by atoms with Gasteiger partial charge >= 0.3 is 0 Å². The van der Waals surface area contributed by atoms with Crippen molar-refractivity contribution in [1.29, 1.82) is 0 Å². The van der Waals surface area contributed by atoms with Gasteiger partial charge in [0.15, 0.2) is 0 Å². The molecule has 3 nitrogen and oxygen atoms in total. The van der Waals surface area contributed by atoms with E-state index in [0.29, 0.717) is 0 Å². The molecule has 0 atom stereocenters. The molecule has 1 aromatic rings. The summed E-state index contributed by atoms with van der Waals surface area (Å²) >= 11 is 0. The van der Waals surface area contributed by atoms with Gasteiger partial charge in [0.1, 0.15) is 19.0 Å². The number of benzene rings is 1. The van der Waals surface area contributed by atoms with Gasteiger partial charge in [0.05, 0.1) is 0 Å². The number of halogens is 1. The number of anilines is 1. The van der Waals surface area contributed by atoms with Gasteiger partial charge < -0.3 is 15.0 Å². The van der Waals surface area contributed by atoms with Crippen LogP contribution in [0.15, 0.2) is 18.2 Å². The molecule has 0 aliphatic carbocycles. The van der Waals surface area contributed by atoms with E-state index in [2.05, 4.69) is 23.2 Å². The van der Waals surface area contributed by atoms with E-state index in [1.807, 2.05) is 12.1 Å². The van der Waals surface area contributed by atoms with Crippen molar-refractivity contribution < 1.29 is 9.13 Å². The third kappa shape index (κ3) is 3.09. The van der Waals surface area contributed by atoms with Crippen molar-refractivity contribution in [1.82, 2.24) is 5.32 Å². The largest absolute Gasteiger partial charge is 0.491 e. The molecular weight excluding hydrogens is 219 g/mol. The van der Waals surface area contributed by atoms with E-state index in [-0.39, 0.29) is 6.61 Å². The van der Waals surface area contributed by atoms with Crippen LogP contribution in [0.4, 0.5) is 10.1 Å². The summed E-state index contributed by atoms with van der Waals surface area (Å²) in [4.78, 5) is 2.37. The van der Waals surface area contributed by atoms with E-state index < -0.39 is 6.67 Å². The van der Waals surface area contributed by atoms with Crippen LogP contribution in [0, 0.1) is 6.92 Å². The lowest BCUT2D eigenvalue weighted by Crippen LogP contribution is -2.43. The van der Waals surface area contributed by atoms with E-state index in [1.165, 1.54) is 11.3 Å². The topological polar surface area (TPSA) is 24.5 Å². The van der Waals surface area contributed by atoms with Crippen molar-refractivity contribution >= 4 is 5.69 Å². The van der Waals surface area contributed by atoms with Crippen LogP contribution in [-0.4, -0.2) is 39.5 Å². The average Bonchev–Trinajstić information content (AvgIpc) is 2.37. The zero-order chi connectivity index (χ0) is 12.1. The Morgan fingerprint density at radius 3 is 2.76 bits per heavy atom. The second-order valence-corrected chi connectivity index (χ2v) is 4.22. The van der Waals surface area contributed by atoms with Gasteiger partial charge in [-0.05, 0) is 30.7 Å². The Hall–Kier alpha value is -1.29. The van der Waals surface area contributed by atoms with E-state index in [1.54, 1.807) is 0 Å². The highest BCUT2D eigenvalue weighted by molar-refractivity contribution is 5.56. The van der Waals surface area contributed by atoms with Crippen LogP contribution in [0.5, 0.6) is 5.75 Å². The molecule has 1 heterocycles. The third-order valence-electron chi connectivity index (χ3n) is 2.97. The summed E-state index contributed by atoms with van der Waals surface area (Å²) in [5.74, 6) is 0.749. The maximum Gasteiger partial charge on any atom is 0.123 e. The molecule has 4 heteroatoms. The molecule has 1 aliphatic rings. The van der Waals surface area contributed by atoms with Crippen molar-refractivity contribution in [3.63, 3.8) is 0 Å². The molecule has 1 saturated heterocycles. The Morgan fingerprint density at radius 2 is 2.12 bits per heavy atom. The Kier molecular flexibility index (Phi) is 4.20. The maximum atomic E-state index is 12.0. The van der Waals surface area contributed by atoms with Crippen LogP contribution in [0.2, 0.25) is 0 Å². The Morgan fingerprint density at radius 1 is 1.35 bits per heavy atom. The minimum Gasteiger partial charge on any atom is -0.491 e. The van der Waals surface area contributed by atoms with Gasteiger partial charge in [0, 0.05) is 31.9 Å². The van der Waals surface area contributed by atoms with Gasteiger partial charge in [-0.2, -0.15) is 0 Å². The molecule has 17 heavy (non-hydrogen) atoms. The summed E-state index contributed by atoms with van der Waals surface area (Å²) in [5, 5.41) is 3.34. The van der Waals surface area contributed by atoms with Crippen molar-refractivity contribution in [2.75, 3.05) is 44.4 Å². The second-order valence-electron chi connectivity index (χ2n) is 4.22. The Balaban J connectivity index is 2.07. The van der Waals surface area contributed by atoms with Crippen LogP contribution in [0.3, 0.4) is 0 Å². The number of rotatable bonds is 4. The number of hydrogen-bond acceptors (Lipinski definition) is 3. The molecule has 0 saturated carbocycles. The maximum absolute atomic E-state index is 12.0. The predicted molar refractivity (Wildman–Crippen MR) is 67.7 cm³/mol. The molecule has 94 valence electrons. The molecule has 1 aliphatic heterocycles. The number of aryl methyl sites for hydroxylation is 1. The van der Waals surface area contributed by atoms with Crippen molar-refractivity contribution in [2.24, 2.45) is 0 Å². The molecule has 0 amide bonds. The summed E-state index contributed by atoms with van der Waals surface area (Å²) in [5.41, 5.74) is 2.43. The summed E-state index contributed by atoms with van der Waals surface area (Å²) < 4.78 is 17.3. The van der Waals surface area contributed by atoms with Crippen molar-refractivity contribution in [3.8, 4) is 5.75 Å². The lowest BCUT2D eigenvalue weighted by Gasteiger charge is -2.30. The van der Waals surface area contributed by atoms with Gasteiger partial charge in [0.2, 0.25) is 0 Å². The summed E-state index contributed by atoms with van der Waals surface area (Å²) in [6, 6.07) is 5.96. The summed E-state index contributed by atoms with van der Waals surface area (Å²) in [6.45, 7) is 5.88. The highest BCUT2D eigenvalue weighted by atomic mass is 19.1. The molecule has 1 aromatic carbocycles. The van der Waals surface area contributed by atoms with Crippen LogP contribution < -0.4 is 15.0 Å². The van der Waals surface area contributed by atoms with Crippen molar-refractivity contribution in [2.45, 2.75) is 6.92 Å².